The van der Waals surface area contributed by atoms with Crippen molar-refractivity contribution in [1.29, 1.82) is 0 Å². The third kappa shape index (κ3) is 6.98. The molecule has 2 amide bonds. The van der Waals surface area contributed by atoms with Gasteiger partial charge in [-0.3, -0.25) is 4.79 Å². The number of piperazine rings is 1. The van der Waals surface area contributed by atoms with Crippen LogP contribution >= 0.6 is 0 Å². The molecule has 0 aliphatic carbocycles. The van der Waals surface area contributed by atoms with Gasteiger partial charge in [0.1, 0.15) is 18.5 Å². The number of aliphatic hydroxyl groups excluding tert-OH is 2. The summed E-state index contributed by atoms with van der Waals surface area (Å²) in [4.78, 5) is 34.8. The molecule has 4 rings (SSSR count). The van der Waals surface area contributed by atoms with Crippen LogP contribution in [0.5, 0.6) is 0 Å². The second kappa shape index (κ2) is 12.5. The molecule has 2 aliphatic rings. The van der Waals surface area contributed by atoms with Gasteiger partial charge in [-0.2, -0.15) is 0 Å². The lowest BCUT2D eigenvalue weighted by Crippen LogP contribution is -2.57. The normalized spacial score (nSPS) is 17.4. The predicted octanol–water partition coefficient (Wildman–Crippen LogP) is 0.460. The Hall–Kier alpha value is -3.65. The molecule has 3 N–H and O–H groups in total. The van der Waals surface area contributed by atoms with E-state index in [-0.39, 0.29) is 0 Å². The van der Waals surface area contributed by atoms with Crippen LogP contribution < -0.4 is 15.1 Å². The Morgan fingerprint density at radius 3 is 2.22 bits per heavy atom. The molecule has 0 unspecified atom stereocenters. The topological polar surface area (TPSA) is 118 Å². The third-order valence-corrected chi connectivity index (χ3v) is 6.50. The molecule has 2 aliphatic heterocycles. The number of aliphatic hydroxyl groups is 2. The van der Waals surface area contributed by atoms with Crippen LogP contribution in [0.25, 0.3) is 0 Å². The Balaban J connectivity index is 1.28. The van der Waals surface area contributed by atoms with Crippen molar-refractivity contribution in [2.75, 3.05) is 68.9 Å². The Labute approximate surface area is 216 Å². The smallest absolute Gasteiger partial charge is 0.318 e. The molecular weight excluding hydrogens is 474 g/mol. The number of nitrogens with zero attached hydrogens (tertiary/aromatic N) is 4. The highest BCUT2D eigenvalue weighted by molar-refractivity contribution is 5.89. The van der Waals surface area contributed by atoms with Crippen LogP contribution in [0.4, 0.5) is 16.3 Å². The van der Waals surface area contributed by atoms with Crippen molar-refractivity contribution in [2.24, 2.45) is 0 Å². The van der Waals surface area contributed by atoms with Crippen LogP contribution in [0.1, 0.15) is 18.1 Å². The fraction of sp³-hybridized carbons (Fsp3) is 0.444. The van der Waals surface area contributed by atoms with Gasteiger partial charge in [-0.15, -0.1) is 0 Å². The van der Waals surface area contributed by atoms with Gasteiger partial charge in [-0.25, -0.2) is 9.78 Å². The van der Waals surface area contributed by atoms with Gasteiger partial charge in [0.05, 0.1) is 19.3 Å². The highest BCUT2D eigenvalue weighted by Gasteiger charge is 2.28. The maximum Gasteiger partial charge on any atom is 0.318 e. The first-order valence-corrected chi connectivity index (χ1v) is 12.5. The average molecular weight is 508 g/mol. The van der Waals surface area contributed by atoms with Crippen molar-refractivity contribution in [3.05, 3.63) is 53.7 Å². The Kier molecular flexibility index (Phi) is 8.95. The molecule has 196 valence electrons. The minimum Gasteiger partial charge on any atom is -0.391 e. The van der Waals surface area contributed by atoms with Gasteiger partial charge in [-0.1, -0.05) is 11.8 Å². The van der Waals surface area contributed by atoms with Crippen LogP contribution in [0.2, 0.25) is 0 Å². The minimum atomic E-state index is -1.12. The third-order valence-electron chi connectivity index (χ3n) is 6.50. The highest BCUT2D eigenvalue weighted by Crippen LogP contribution is 2.18. The SMILES string of the molecule is C[C@@H](O)[C@H](NC(=O)N1CCN(c2ccc(C#Cc3ccc(N4CCOCC4)nc3)cc2)CC1)C(=O)CO. The van der Waals surface area contributed by atoms with E-state index in [2.05, 4.69) is 31.9 Å². The summed E-state index contributed by atoms with van der Waals surface area (Å²) >= 11 is 0. The number of hydrogen-bond donors (Lipinski definition) is 3. The van der Waals surface area contributed by atoms with Gasteiger partial charge in [0, 0.05) is 62.3 Å². The molecule has 0 spiro atoms. The van der Waals surface area contributed by atoms with Crippen molar-refractivity contribution >= 4 is 23.3 Å². The number of amides is 2. The van der Waals surface area contributed by atoms with Crippen molar-refractivity contribution in [3.8, 4) is 11.8 Å². The molecule has 0 bridgehead atoms. The van der Waals surface area contributed by atoms with Gasteiger partial charge < -0.3 is 35.0 Å². The van der Waals surface area contributed by atoms with Crippen molar-refractivity contribution in [3.63, 3.8) is 0 Å². The highest BCUT2D eigenvalue weighted by atomic mass is 16.5. The van der Waals surface area contributed by atoms with Crippen molar-refractivity contribution in [2.45, 2.75) is 19.1 Å². The molecule has 2 aromatic rings. The van der Waals surface area contributed by atoms with E-state index in [0.717, 1.165) is 48.9 Å². The van der Waals surface area contributed by atoms with Crippen molar-refractivity contribution < 1.29 is 24.5 Å². The van der Waals surface area contributed by atoms with Crippen molar-refractivity contribution in [1.82, 2.24) is 15.2 Å². The van der Waals surface area contributed by atoms with Crippen LogP contribution in [-0.4, -0.2) is 103 Å². The lowest BCUT2D eigenvalue weighted by molar-refractivity contribution is -0.125. The van der Waals surface area contributed by atoms with Gasteiger partial charge in [0.2, 0.25) is 0 Å². The maximum atomic E-state index is 12.5. The Morgan fingerprint density at radius 1 is 0.973 bits per heavy atom. The first kappa shape index (κ1) is 26.4. The molecule has 2 saturated heterocycles. The minimum absolute atomic E-state index is 0.426. The molecule has 1 aromatic heterocycles. The van der Waals surface area contributed by atoms with Crippen LogP contribution in [0, 0.1) is 11.8 Å². The average Bonchev–Trinajstić information content (AvgIpc) is 2.95. The summed E-state index contributed by atoms with van der Waals surface area (Å²) < 4.78 is 5.39. The van der Waals surface area contributed by atoms with Gasteiger partial charge in [0.15, 0.2) is 5.78 Å². The summed E-state index contributed by atoms with van der Waals surface area (Å²) in [5.41, 5.74) is 2.80. The number of ketones is 1. The number of anilines is 2. The quantitative estimate of drug-likeness (QED) is 0.483. The number of rotatable bonds is 6. The molecule has 10 nitrogen and oxygen atoms in total. The summed E-state index contributed by atoms with van der Waals surface area (Å²) in [5, 5.41) is 21.3. The molecular formula is C27H33N5O5. The van der Waals surface area contributed by atoms with E-state index >= 15 is 0 Å². The molecule has 0 radical (unpaired) electrons. The van der Waals surface area contributed by atoms with Crippen LogP contribution in [-0.2, 0) is 9.53 Å². The molecule has 2 atom stereocenters. The number of morpholine rings is 1. The number of ether oxygens (including phenoxy) is 1. The first-order valence-electron chi connectivity index (χ1n) is 12.5. The van der Waals surface area contributed by atoms with E-state index in [1.165, 1.54) is 6.92 Å². The zero-order valence-electron chi connectivity index (χ0n) is 21.0. The van der Waals surface area contributed by atoms with E-state index in [1.54, 1.807) is 11.1 Å². The van der Waals surface area contributed by atoms with E-state index in [9.17, 15) is 14.7 Å². The number of pyridine rings is 1. The number of aromatic nitrogens is 1. The number of nitrogens with one attached hydrogen (secondary N) is 1. The lowest BCUT2D eigenvalue weighted by atomic mass is 10.1. The summed E-state index contributed by atoms with van der Waals surface area (Å²) in [6.45, 7) is 6.03. The Morgan fingerprint density at radius 2 is 1.62 bits per heavy atom. The summed E-state index contributed by atoms with van der Waals surface area (Å²) in [5.74, 6) is 6.67. The summed E-state index contributed by atoms with van der Waals surface area (Å²) in [6, 6.07) is 10.4. The second-order valence-corrected chi connectivity index (χ2v) is 9.07. The predicted molar refractivity (Wildman–Crippen MR) is 140 cm³/mol. The zero-order valence-corrected chi connectivity index (χ0v) is 21.0. The summed E-state index contributed by atoms with van der Waals surface area (Å²) in [6.07, 6.45) is 0.711. The fourth-order valence-electron chi connectivity index (χ4n) is 4.30. The zero-order chi connectivity index (χ0) is 26.2. The van der Waals surface area contributed by atoms with E-state index < -0.39 is 30.6 Å². The number of Topliss-reactive ketones (excluding diaryl/α,β-unsaturated/α-hetero) is 1. The maximum absolute atomic E-state index is 12.5. The van der Waals surface area contributed by atoms with E-state index in [0.29, 0.717) is 26.2 Å². The van der Waals surface area contributed by atoms with Gasteiger partial charge in [0.25, 0.3) is 0 Å². The lowest BCUT2D eigenvalue weighted by Gasteiger charge is -2.36. The summed E-state index contributed by atoms with van der Waals surface area (Å²) in [7, 11) is 0. The standard InChI is InChI=1S/C27H33N5O5/c1-20(34)26(24(35)19-33)29-27(36)32-12-10-30(11-13-32)23-7-4-21(5-8-23)2-3-22-6-9-25(28-18-22)31-14-16-37-17-15-31/h4-9,18,20,26,33-34H,10-17,19H2,1H3,(H,29,36)/t20-,26+/m1/s1. The molecule has 2 fully saturated rings. The van der Waals surface area contributed by atoms with Crippen LogP contribution in [0.15, 0.2) is 42.6 Å². The van der Waals surface area contributed by atoms with Gasteiger partial charge >= 0.3 is 6.03 Å². The second-order valence-electron chi connectivity index (χ2n) is 9.07. The number of carbonyl (C=O) groups is 2. The molecule has 1 aromatic carbocycles. The van der Waals surface area contributed by atoms with Gasteiger partial charge in [-0.05, 0) is 43.3 Å². The molecule has 37 heavy (non-hydrogen) atoms. The number of urea groups is 1. The number of benzene rings is 1. The number of hydrogen-bond acceptors (Lipinski definition) is 8. The molecule has 0 saturated carbocycles. The fourth-order valence-corrected chi connectivity index (χ4v) is 4.30. The first-order chi connectivity index (χ1) is 17.9. The largest absolute Gasteiger partial charge is 0.391 e. The number of carbonyl (C=O) groups excluding carboxylic acids is 2. The molecule has 10 heteroatoms. The monoisotopic (exact) mass is 507 g/mol. The molecule has 3 heterocycles. The van der Waals surface area contributed by atoms with E-state index in [1.807, 2.05) is 36.4 Å². The van der Waals surface area contributed by atoms with Crippen LogP contribution in [0.3, 0.4) is 0 Å². The van der Waals surface area contributed by atoms with E-state index in [4.69, 9.17) is 9.84 Å². The Bertz CT molecular complexity index is 1110.